The molecule has 6 nitrogen and oxygen atoms in total. The highest BCUT2D eigenvalue weighted by Gasteiger charge is 2.24. The minimum absolute atomic E-state index is 0.104. The highest BCUT2D eigenvalue weighted by Crippen LogP contribution is 2.36. The Morgan fingerprint density at radius 3 is 2.62 bits per heavy atom. The van der Waals surface area contributed by atoms with E-state index in [1.54, 1.807) is 14.2 Å². The molecule has 0 unspecified atom stereocenters. The Labute approximate surface area is 156 Å². The molecule has 4 rings (SSSR count). The maximum absolute atomic E-state index is 6.03. The van der Waals surface area contributed by atoms with E-state index in [9.17, 15) is 0 Å². The standard InChI is InChI=1S/C19H17ClN4O2/c1-25-14-7-8-15(18(9-14)26-2)16-10-17(12-3-5-13(20)6-4-12)24-19(23-16)21-11-22-24/h3-11,17H,1-2H3,(H,21,22,23)/t17-/m1/s1. The van der Waals surface area contributed by atoms with E-state index in [1.165, 1.54) is 6.33 Å². The molecule has 0 fully saturated rings. The summed E-state index contributed by atoms with van der Waals surface area (Å²) in [5, 5.41) is 8.37. The number of nitrogens with zero attached hydrogens (tertiary/aromatic N) is 3. The average molecular weight is 369 g/mol. The third-order valence-electron chi connectivity index (χ3n) is 4.32. The van der Waals surface area contributed by atoms with Crippen molar-refractivity contribution in [3.63, 3.8) is 0 Å². The largest absolute Gasteiger partial charge is 0.497 e. The molecule has 0 saturated carbocycles. The normalized spacial score (nSPS) is 15.7. The maximum Gasteiger partial charge on any atom is 0.226 e. The number of benzene rings is 2. The van der Waals surface area contributed by atoms with Crippen LogP contribution < -0.4 is 14.8 Å². The van der Waals surface area contributed by atoms with Crippen molar-refractivity contribution in [3.8, 4) is 11.5 Å². The minimum atomic E-state index is -0.104. The number of hydrogen-bond donors (Lipinski definition) is 1. The van der Waals surface area contributed by atoms with Crippen molar-refractivity contribution in [2.24, 2.45) is 0 Å². The molecule has 7 heteroatoms. The van der Waals surface area contributed by atoms with Crippen molar-refractivity contribution in [1.29, 1.82) is 0 Å². The Hall–Kier alpha value is -2.99. The second kappa shape index (κ2) is 6.72. The number of nitrogens with one attached hydrogen (secondary N) is 1. The van der Waals surface area contributed by atoms with Crippen LogP contribution in [0, 0.1) is 0 Å². The number of aromatic nitrogens is 3. The van der Waals surface area contributed by atoms with Gasteiger partial charge in [-0.1, -0.05) is 23.7 Å². The zero-order valence-corrected chi connectivity index (χ0v) is 15.1. The molecule has 0 spiro atoms. The fraction of sp³-hybridized carbons (Fsp3) is 0.158. The number of fused-ring (bicyclic) bond motifs is 1. The Balaban J connectivity index is 1.81. The highest BCUT2D eigenvalue weighted by atomic mass is 35.5. The van der Waals surface area contributed by atoms with Gasteiger partial charge in [-0.05, 0) is 35.9 Å². The van der Waals surface area contributed by atoms with Crippen LogP contribution in [0.1, 0.15) is 17.2 Å². The quantitative estimate of drug-likeness (QED) is 0.754. The van der Waals surface area contributed by atoms with Gasteiger partial charge >= 0.3 is 0 Å². The van der Waals surface area contributed by atoms with Gasteiger partial charge in [0, 0.05) is 16.7 Å². The molecule has 1 atom stereocenters. The Morgan fingerprint density at radius 1 is 1.08 bits per heavy atom. The first-order valence-corrected chi connectivity index (χ1v) is 8.43. The van der Waals surface area contributed by atoms with Crippen LogP contribution in [0.2, 0.25) is 5.02 Å². The number of ether oxygens (including phenoxy) is 2. The van der Waals surface area contributed by atoms with E-state index in [4.69, 9.17) is 21.1 Å². The first kappa shape index (κ1) is 16.5. The first-order chi connectivity index (χ1) is 12.7. The van der Waals surface area contributed by atoms with Crippen LogP contribution in [-0.2, 0) is 0 Å². The summed E-state index contributed by atoms with van der Waals surface area (Å²) in [5.74, 6) is 2.12. The summed E-state index contributed by atoms with van der Waals surface area (Å²) in [5.41, 5.74) is 2.87. The van der Waals surface area contributed by atoms with Crippen molar-refractivity contribution >= 4 is 23.2 Å². The first-order valence-electron chi connectivity index (χ1n) is 8.06. The lowest BCUT2D eigenvalue weighted by Gasteiger charge is -2.25. The van der Waals surface area contributed by atoms with Crippen LogP contribution in [0.5, 0.6) is 11.5 Å². The Morgan fingerprint density at radius 2 is 1.88 bits per heavy atom. The molecule has 0 amide bonds. The Bertz CT molecular complexity index is 966. The number of rotatable bonds is 4. The molecule has 0 saturated heterocycles. The van der Waals surface area contributed by atoms with Crippen molar-refractivity contribution < 1.29 is 9.47 Å². The summed E-state index contributed by atoms with van der Waals surface area (Å²) in [7, 11) is 3.27. The molecule has 0 aliphatic carbocycles. The van der Waals surface area contributed by atoms with Gasteiger partial charge in [-0.2, -0.15) is 10.1 Å². The molecule has 1 N–H and O–H groups in total. The lowest BCUT2D eigenvalue weighted by molar-refractivity contribution is 0.393. The van der Waals surface area contributed by atoms with Crippen LogP contribution in [0.15, 0.2) is 54.9 Å². The molecular weight excluding hydrogens is 352 g/mol. The van der Waals surface area contributed by atoms with Crippen LogP contribution in [0.3, 0.4) is 0 Å². The maximum atomic E-state index is 6.03. The average Bonchev–Trinajstić information content (AvgIpc) is 3.16. The molecule has 132 valence electrons. The van der Waals surface area contributed by atoms with Gasteiger partial charge in [-0.3, -0.25) is 0 Å². The topological polar surface area (TPSA) is 61.2 Å². The molecule has 26 heavy (non-hydrogen) atoms. The molecule has 1 aliphatic rings. The smallest absolute Gasteiger partial charge is 0.226 e. The van der Waals surface area contributed by atoms with E-state index in [0.717, 1.165) is 22.6 Å². The lowest BCUT2D eigenvalue weighted by atomic mass is 10.0. The predicted molar refractivity (Wildman–Crippen MR) is 101 cm³/mol. The molecular formula is C19H17ClN4O2. The van der Waals surface area contributed by atoms with Crippen molar-refractivity contribution in [2.45, 2.75) is 6.04 Å². The van der Waals surface area contributed by atoms with E-state index >= 15 is 0 Å². The van der Waals surface area contributed by atoms with Gasteiger partial charge in [0.05, 0.1) is 19.9 Å². The molecule has 3 aromatic rings. The molecule has 2 aromatic carbocycles. The molecule has 1 aliphatic heterocycles. The zero-order chi connectivity index (χ0) is 18.1. The number of anilines is 1. The van der Waals surface area contributed by atoms with Crippen molar-refractivity contribution in [2.75, 3.05) is 19.5 Å². The van der Waals surface area contributed by atoms with Gasteiger partial charge in [0.15, 0.2) is 0 Å². The molecule has 0 radical (unpaired) electrons. The second-order valence-corrected chi connectivity index (χ2v) is 6.23. The van der Waals surface area contributed by atoms with Crippen LogP contribution in [0.25, 0.3) is 5.70 Å². The van der Waals surface area contributed by atoms with Gasteiger partial charge in [0.2, 0.25) is 5.95 Å². The van der Waals surface area contributed by atoms with E-state index < -0.39 is 0 Å². The summed E-state index contributed by atoms with van der Waals surface area (Å²) < 4.78 is 12.7. The number of halogens is 1. The minimum Gasteiger partial charge on any atom is -0.497 e. The summed E-state index contributed by atoms with van der Waals surface area (Å²) >= 11 is 6.03. The summed E-state index contributed by atoms with van der Waals surface area (Å²) in [6.45, 7) is 0. The van der Waals surface area contributed by atoms with Gasteiger partial charge in [0.1, 0.15) is 23.9 Å². The lowest BCUT2D eigenvalue weighted by Crippen LogP contribution is -2.20. The van der Waals surface area contributed by atoms with E-state index in [1.807, 2.05) is 47.1 Å². The summed E-state index contributed by atoms with van der Waals surface area (Å²) in [6, 6.07) is 13.3. The predicted octanol–water partition coefficient (Wildman–Crippen LogP) is 4.00. The van der Waals surface area contributed by atoms with Gasteiger partial charge in [0.25, 0.3) is 0 Å². The monoisotopic (exact) mass is 368 g/mol. The van der Waals surface area contributed by atoms with Crippen molar-refractivity contribution in [1.82, 2.24) is 14.8 Å². The molecule has 1 aromatic heterocycles. The SMILES string of the molecule is COc1ccc(C2=C[C@H](c3ccc(Cl)cc3)n3ncnc3N2)c(OC)c1. The van der Waals surface area contributed by atoms with Gasteiger partial charge < -0.3 is 14.8 Å². The summed E-state index contributed by atoms with van der Waals surface area (Å²) in [6.07, 6.45) is 3.63. The third kappa shape index (κ3) is 2.88. The van der Waals surface area contributed by atoms with E-state index in [0.29, 0.717) is 16.7 Å². The second-order valence-electron chi connectivity index (χ2n) is 5.80. The van der Waals surface area contributed by atoms with Gasteiger partial charge in [-0.15, -0.1) is 0 Å². The number of allylic oxidation sites excluding steroid dienone is 1. The zero-order valence-electron chi connectivity index (χ0n) is 14.3. The fourth-order valence-corrected chi connectivity index (χ4v) is 3.14. The van der Waals surface area contributed by atoms with Crippen LogP contribution >= 0.6 is 11.6 Å². The van der Waals surface area contributed by atoms with Gasteiger partial charge in [-0.25, -0.2) is 4.68 Å². The number of methoxy groups -OCH3 is 2. The fourth-order valence-electron chi connectivity index (χ4n) is 3.01. The molecule has 0 bridgehead atoms. The Kier molecular flexibility index (Phi) is 4.26. The van der Waals surface area contributed by atoms with Crippen LogP contribution in [0.4, 0.5) is 5.95 Å². The van der Waals surface area contributed by atoms with E-state index in [2.05, 4.69) is 21.5 Å². The highest BCUT2D eigenvalue weighted by molar-refractivity contribution is 6.30. The van der Waals surface area contributed by atoms with E-state index in [-0.39, 0.29) is 6.04 Å². The van der Waals surface area contributed by atoms with Crippen molar-refractivity contribution in [3.05, 3.63) is 71.0 Å². The number of hydrogen-bond acceptors (Lipinski definition) is 5. The van der Waals surface area contributed by atoms with Crippen LogP contribution in [-0.4, -0.2) is 29.0 Å². The summed E-state index contributed by atoms with van der Waals surface area (Å²) in [4.78, 5) is 4.32. The third-order valence-corrected chi connectivity index (χ3v) is 4.57. The molecule has 2 heterocycles.